The van der Waals surface area contributed by atoms with E-state index in [1.165, 1.54) is 12.1 Å². The van der Waals surface area contributed by atoms with Crippen LogP contribution in [-0.4, -0.2) is 26.7 Å². The summed E-state index contributed by atoms with van der Waals surface area (Å²) in [6.45, 7) is 0.241. The Morgan fingerprint density at radius 1 is 1.21 bits per heavy atom. The molecule has 0 aliphatic heterocycles. The van der Waals surface area contributed by atoms with Crippen molar-refractivity contribution in [3.63, 3.8) is 0 Å². The van der Waals surface area contributed by atoms with Crippen molar-refractivity contribution in [2.45, 2.75) is 11.3 Å². The number of hydrogen-bond acceptors (Lipinski definition) is 3. The van der Waals surface area contributed by atoms with Gasteiger partial charge in [-0.2, -0.15) is 0 Å². The maximum Gasteiger partial charge on any atom is 0.240 e. The largest absolute Gasteiger partial charge is 0.396 e. The van der Waals surface area contributed by atoms with Crippen LogP contribution in [0.4, 0.5) is 0 Å². The van der Waals surface area contributed by atoms with Crippen LogP contribution in [0, 0.1) is 0 Å². The lowest BCUT2D eigenvalue weighted by atomic mass is 10.4. The molecule has 0 aliphatic rings. The first kappa shape index (κ1) is 11.2. The van der Waals surface area contributed by atoms with Gasteiger partial charge in [0.05, 0.1) is 4.90 Å². The van der Waals surface area contributed by atoms with Crippen LogP contribution in [0.5, 0.6) is 0 Å². The molecule has 2 N–H and O–H groups in total. The molecule has 0 saturated carbocycles. The lowest BCUT2D eigenvalue weighted by Crippen LogP contribution is -2.25. The van der Waals surface area contributed by atoms with E-state index in [-0.39, 0.29) is 18.0 Å². The molecule has 1 aromatic carbocycles. The van der Waals surface area contributed by atoms with Crippen LogP contribution in [0.2, 0.25) is 0 Å². The van der Waals surface area contributed by atoms with Gasteiger partial charge in [0.2, 0.25) is 10.0 Å². The summed E-state index contributed by atoms with van der Waals surface area (Å²) in [5.41, 5.74) is 0. The molecule has 0 aromatic heterocycles. The van der Waals surface area contributed by atoms with Gasteiger partial charge in [0, 0.05) is 13.2 Å². The van der Waals surface area contributed by atoms with Crippen molar-refractivity contribution in [3.8, 4) is 0 Å². The summed E-state index contributed by atoms with van der Waals surface area (Å²) in [7, 11) is -3.39. The molecule has 0 amide bonds. The summed E-state index contributed by atoms with van der Waals surface area (Å²) >= 11 is 0. The van der Waals surface area contributed by atoms with Crippen molar-refractivity contribution in [1.29, 1.82) is 0 Å². The average Bonchev–Trinajstić information content (AvgIpc) is 2.19. The van der Waals surface area contributed by atoms with E-state index >= 15 is 0 Å². The Hall–Kier alpha value is -0.910. The van der Waals surface area contributed by atoms with Gasteiger partial charge in [0.1, 0.15) is 0 Å². The van der Waals surface area contributed by atoms with E-state index in [0.717, 1.165) is 0 Å². The summed E-state index contributed by atoms with van der Waals surface area (Å²) in [6.07, 6.45) is 0.423. The van der Waals surface area contributed by atoms with Crippen LogP contribution in [0.1, 0.15) is 6.42 Å². The minimum Gasteiger partial charge on any atom is -0.396 e. The summed E-state index contributed by atoms with van der Waals surface area (Å²) in [5, 5.41) is 8.50. The van der Waals surface area contributed by atoms with Crippen LogP contribution in [0.3, 0.4) is 0 Å². The fourth-order valence-electron chi connectivity index (χ4n) is 0.969. The van der Waals surface area contributed by atoms with Gasteiger partial charge in [-0.3, -0.25) is 0 Å². The van der Waals surface area contributed by atoms with Gasteiger partial charge >= 0.3 is 0 Å². The number of benzene rings is 1. The monoisotopic (exact) mass is 215 g/mol. The second kappa shape index (κ2) is 5.09. The summed E-state index contributed by atoms with van der Waals surface area (Å²) in [4.78, 5) is 0.248. The fourth-order valence-corrected chi connectivity index (χ4v) is 2.06. The van der Waals surface area contributed by atoms with E-state index in [2.05, 4.69) is 4.72 Å². The first-order valence-corrected chi connectivity index (χ1v) is 5.81. The minimum atomic E-state index is -3.39. The van der Waals surface area contributed by atoms with Crippen molar-refractivity contribution in [2.75, 3.05) is 13.2 Å². The Kier molecular flexibility index (Phi) is 4.06. The number of rotatable bonds is 5. The van der Waals surface area contributed by atoms with Crippen molar-refractivity contribution < 1.29 is 13.5 Å². The first-order valence-electron chi connectivity index (χ1n) is 4.32. The second-order valence-corrected chi connectivity index (χ2v) is 4.55. The lowest BCUT2D eigenvalue weighted by Gasteiger charge is -2.04. The van der Waals surface area contributed by atoms with Crippen molar-refractivity contribution in [3.05, 3.63) is 30.3 Å². The Labute approximate surface area is 83.6 Å². The van der Waals surface area contributed by atoms with Gasteiger partial charge in [-0.15, -0.1) is 0 Å². The van der Waals surface area contributed by atoms with E-state index < -0.39 is 10.0 Å². The normalized spacial score (nSPS) is 11.5. The molecule has 0 fully saturated rings. The molecule has 5 heteroatoms. The molecule has 14 heavy (non-hydrogen) atoms. The highest BCUT2D eigenvalue weighted by atomic mass is 32.2. The number of nitrogens with one attached hydrogen (secondary N) is 1. The molecule has 0 radical (unpaired) electrons. The molecule has 0 aliphatic carbocycles. The number of aliphatic hydroxyl groups excluding tert-OH is 1. The molecule has 0 bridgehead atoms. The van der Waals surface area contributed by atoms with Gasteiger partial charge in [0.15, 0.2) is 0 Å². The Balaban J connectivity index is 2.67. The van der Waals surface area contributed by atoms with Crippen molar-refractivity contribution in [2.24, 2.45) is 0 Å². The predicted molar refractivity (Wildman–Crippen MR) is 53.3 cm³/mol. The maximum atomic E-state index is 11.5. The molecule has 0 spiro atoms. The molecule has 1 rings (SSSR count). The maximum absolute atomic E-state index is 11.5. The van der Waals surface area contributed by atoms with Crippen LogP contribution >= 0.6 is 0 Å². The Bertz CT molecular complexity index is 361. The Morgan fingerprint density at radius 2 is 1.86 bits per heavy atom. The smallest absolute Gasteiger partial charge is 0.240 e. The van der Waals surface area contributed by atoms with Crippen LogP contribution < -0.4 is 4.72 Å². The zero-order valence-electron chi connectivity index (χ0n) is 7.68. The van der Waals surface area contributed by atoms with Crippen LogP contribution in [0.25, 0.3) is 0 Å². The zero-order valence-corrected chi connectivity index (χ0v) is 8.50. The standard InChI is InChI=1S/C9H13NO3S/c11-8-4-7-10-14(12,13)9-5-2-1-3-6-9/h1-3,5-6,10-11H,4,7-8H2. The minimum absolute atomic E-state index is 0.0166. The van der Waals surface area contributed by atoms with Crippen molar-refractivity contribution >= 4 is 10.0 Å². The SMILES string of the molecule is O=S(=O)(NCCCO)c1ccccc1. The molecule has 0 heterocycles. The summed E-state index contributed by atoms with van der Waals surface area (Å²) < 4.78 is 25.4. The molecule has 1 aromatic rings. The highest BCUT2D eigenvalue weighted by Crippen LogP contribution is 2.06. The third-order valence-corrected chi connectivity index (χ3v) is 3.16. The van der Waals surface area contributed by atoms with E-state index in [1.54, 1.807) is 18.2 Å². The van der Waals surface area contributed by atoms with Crippen LogP contribution in [0.15, 0.2) is 35.2 Å². The zero-order chi connectivity index (χ0) is 10.4. The first-order chi connectivity index (χ1) is 6.67. The second-order valence-electron chi connectivity index (χ2n) is 2.79. The molecular formula is C9H13NO3S. The topological polar surface area (TPSA) is 66.4 Å². The molecule has 0 atom stereocenters. The Morgan fingerprint density at radius 3 is 2.43 bits per heavy atom. The van der Waals surface area contributed by atoms with Gasteiger partial charge in [-0.1, -0.05) is 18.2 Å². The third kappa shape index (κ3) is 3.10. The van der Waals surface area contributed by atoms with Gasteiger partial charge in [-0.25, -0.2) is 13.1 Å². The highest BCUT2D eigenvalue weighted by Gasteiger charge is 2.11. The molecule has 78 valence electrons. The molecule has 0 saturated heterocycles. The predicted octanol–water partition coefficient (Wildman–Crippen LogP) is 0.347. The lowest BCUT2D eigenvalue weighted by molar-refractivity contribution is 0.289. The number of sulfonamides is 1. The van der Waals surface area contributed by atoms with E-state index in [1.807, 2.05) is 0 Å². The third-order valence-electron chi connectivity index (χ3n) is 1.68. The molecular weight excluding hydrogens is 202 g/mol. The fraction of sp³-hybridized carbons (Fsp3) is 0.333. The quantitative estimate of drug-likeness (QED) is 0.696. The highest BCUT2D eigenvalue weighted by molar-refractivity contribution is 7.89. The van der Waals surface area contributed by atoms with E-state index in [4.69, 9.17) is 5.11 Å². The summed E-state index contributed by atoms with van der Waals surface area (Å²) in [5.74, 6) is 0. The average molecular weight is 215 g/mol. The molecule has 0 unspecified atom stereocenters. The molecule has 4 nitrogen and oxygen atoms in total. The van der Waals surface area contributed by atoms with Gasteiger partial charge in [-0.05, 0) is 18.6 Å². The number of hydrogen-bond donors (Lipinski definition) is 2. The van der Waals surface area contributed by atoms with Gasteiger partial charge < -0.3 is 5.11 Å². The number of aliphatic hydroxyl groups is 1. The van der Waals surface area contributed by atoms with Crippen LogP contribution in [-0.2, 0) is 10.0 Å². The van der Waals surface area contributed by atoms with E-state index in [0.29, 0.717) is 6.42 Å². The van der Waals surface area contributed by atoms with Crippen molar-refractivity contribution in [1.82, 2.24) is 4.72 Å². The summed E-state index contributed by atoms with van der Waals surface area (Å²) in [6, 6.07) is 8.15. The van der Waals surface area contributed by atoms with E-state index in [9.17, 15) is 8.42 Å². The van der Waals surface area contributed by atoms with Gasteiger partial charge in [0.25, 0.3) is 0 Å².